The molecule has 1 aliphatic rings. The summed E-state index contributed by atoms with van der Waals surface area (Å²) in [6, 6.07) is 7.85. The van der Waals surface area contributed by atoms with Crippen LogP contribution in [0, 0.1) is 0 Å². The average molecular weight is 193 g/mol. The number of hydrogen-bond donors (Lipinski definition) is 1. The Bertz CT molecular complexity index is 326. The normalized spacial score (nSPS) is 18.2. The van der Waals surface area contributed by atoms with E-state index in [0.717, 1.165) is 11.3 Å². The summed E-state index contributed by atoms with van der Waals surface area (Å²) in [6.07, 6.45) is -0.277. The lowest BCUT2D eigenvalue weighted by molar-refractivity contribution is 0.0488. The molecule has 1 unspecified atom stereocenters. The largest absolute Gasteiger partial charge is 0.509 e. The van der Waals surface area contributed by atoms with Crippen LogP contribution >= 0.6 is 0 Å². The van der Waals surface area contributed by atoms with Crippen LogP contribution in [0.15, 0.2) is 24.3 Å². The van der Waals surface area contributed by atoms with Gasteiger partial charge in [-0.05, 0) is 11.6 Å². The predicted octanol–water partition coefficient (Wildman–Crippen LogP) is 1.76. The Labute approximate surface area is 81.8 Å². The molecular formula is C10H11NO3. The number of carbonyl (C=O) groups is 1. The van der Waals surface area contributed by atoms with Crippen LogP contribution in [0.4, 0.5) is 10.5 Å². The second kappa shape index (κ2) is 3.57. The van der Waals surface area contributed by atoms with Crippen LogP contribution in [-0.4, -0.2) is 19.5 Å². The van der Waals surface area contributed by atoms with Gasteiger partial charge in [0.05, 0.1) is 7.11 Å². The fourth-order valence-corrected chi connectivity index (χ4v) is 1.50. The number of anilines is 1. The third-order valence-corrected chi connectivity index (χ3v) is 2.14. The molecule has 1 atom stereocenters. The zero-order valence-corrected chi connectivity index (χ0v) is 7.82. The second-order valence-corrected chi connectivity index (χ2v) is 3.07. The molecule has 14 heavy (non-hydrogen) atoms. The summed E-state index contributed by atoms with van der Waals surface area (Å²) in [4.78, 5) is 10.8. The molecule has 74 valence electrons. The van der Waals surface area contributed by atoms with Gasteiger partial charge in [-0.15, -0.1) is 0 Å². The van der Waals surface area contributed by atoms with Gasteiger partial charge in [-0.1, -0.05) is 18.2 Å². The Morgan fingerprint density at radius 2 is 2.29 bits per heavy atom. The molecular weight excluding hydrogens is 182 g/mol. The molecule has 0 spiro atoms. The van der Waals surface area contributed by atoms with Gasteiger partial charge in [0, 0.05) is 12.1 Å². The number of rotatable bonds is 1. The van der Waals surface area contributed by atoms with Gasteiger partial charge in [-0.2, -0.15) is 0 Å². The molecule has 0 radical (unpaired) electrons. The van der Waals surface area contributed by atoms with Crippen molar-refractivity contribution in [3.63, 3.8) is 0 Å². The summed E-state index contributed by atoms with van der Waals surface area (Å²) in [7, 11) is 1.30. The summed E-state index contributed by atoms with van der Waals surface area (Å²) in [5.41, 5.74) is 2.17. The summed E-state index contributed by atoms with van der Waals surface area (Å²) < 4.78 is 9.38. The van der Waals surface area contributed by atoms with E-state index in [2.05, 4.69) is 10.1 Å². The Hall–Kier alpha value is -1.71. The molecule has 0 saturated carbocycles. The summed E-state index contributed by atoms with van der Waals surface area (Å²) in [5.74, 6) is 0. The number of hydrogen-bond acceptors (Lipinski definition) is 4. The van der Waals surface area contributed by atoms with Crippen molar-refractivity contribution in [2.75, 3.05) is 12.4 Å². The second-order valence-electron chi connectivity index (χ2n) is 3.07. The molecule has 4 heteroatoms. The minimum Gasteiger partial charge on any atom is -0.438 e. The molecule has 1 aromatic carbocycles. The number of nitrogens with one attached hydrogen (secondary N) is 1. The van der Waals surface area contributed by atoms with Gasteiger partial charge in [0.25, 0.3) is 0 Å². The highest BCUT2D eigenvalue weighted by Crippen LogP contribution is 2.25. The highest BCUT2D eigenvalue weighted by atomic mass is 16.7. The minimum absolute atomic E-state index is 0.306. The third kappa shape index (κ3) is 1.64. The molecule has 1 N–H and O–H groups in total. The zero-order valence-electron chi connectivity index (χ0n) is 7.82. The predicted molar refractivity (Wildman–Crippen MR) is 51.0 cm³/mol. The Morgan fingerprint density at radius 1 is 1.50 bits per heavy atom. The smallest absolute Gasteiger partial charge is 0.438 e. The van der Waals surface area contributed by atoms with E-state index in [4.69, 9.17) is 4.74 Å². The first-order chi connectivity index (χ1) is 6.79. The van der Waals surface area contributed by atoms with Gasteiger partial charge in [-0.25, -0.2) is 4.79 Å². The van der Waals surface area contributed by atoms with Gasteiger partial charge < -0.3 is 14.8 Å². The lowest BCUT2D eigenvalue weighted by Gasteiger charge is -2.10. The van der Waals surface area contributed by atoms with Gasteiger partial charge in [0.2, 0.25) is 0 Å². The molecule has 1 aliphatic heterocycles. The van der Waals surface area contributed by atoms with Crippen LogP contribution in [0.5, 0.6) is 0 Å². The molecule has 2 rings (SSSR count). The molecule has 0 saturated heterocycles. The van der Waals surface area contributed by atoms with Gasteiger partial charge in [0.1, 0.15) is 0 Å². The van der Waals surface area contributed by atoms with Crippen molar-refractivity contribution < 1.29 is 14.3 Å². The van der Waals surface area contributed by atoms with Crippen molar-refractivity contribution in [1.82, 2.24) is 0 Å². The number of ether oxygens (including phenoxy) is 2. The standard InChI is InChI=1S/C10H11NO3/c1-13-10(12)14-9-6-7-4-2-3-5-8(7)11-9/h2-5,9,11H,6H2,1H3. The van der Waals surface area contributed by atoms with E-state index < -0.39 is 6.16 Å². The average Bonchev–Trinajstić information content (AvgIpc) is 2.59. The van der Waals surface area contributed by atoms with Crippen LogP contribution < -0.4 is 5.32 Å². The van der Waals surface area contributed by atoms with Crippen LogP contribution in [0.2, 0.25) is 0 Å². The van der Waals surface area contributed by atoms with E-state index in [1.54, 1.807) is 0 Å². The van der Waals surface area contributed by atoms with E-state index in [1.807, 2.05) is 24.3 Å². The number of fused-ring (bicyclic) bond motifs is 1. The van der Waals surface area contributed by atoms with Crippen molar-refractivity contribution in [2.24, 2.45) is 0 Å². The maximum absolute atomic E-state index is 10.8. The first-order valence-electron chi connectivity index (χ1n) is 4.38. The van der Waals surface area contributed by atoms with Gasteiger partial charge in [-0.3, -0.25) is 0 Å². The van der Waals surface area contributed by atoms with E-state index in [1.165, 1.54) is 7.11 Å². The molecule has 0 aliphatic carbocycles. The first-order valence-corrected chi connectivity index (χ1v) is 4.38. The Kier molecular flexibility index (Phi) is 2.26. The maximum atomic E-state index is 10.8. The molecule has 4 nitrogen and oxygen atoms in total. The molecule has 0 fully saturated rings. The van der Waals surface area contributed by atoms with Crippen molar-refractivity contribution in [1.29, 1.82) is 0 Å². The summed E-state index contributed by atoms with van der Waals surface area (Å²) in [6.45, 7) is 0. The maximum Gasteiger partial charge on any atom is 0.509 e. The van der Waals surface area contributed by atoms with Crippen molar-refractivity contribution >= 4 is 11.8 Å². The van der Waals surface area contributed by atoms with Crippen LogP contribution in [0.1, 0.15) is 5.56 Å². The molecule has 0 aromatic heterocycles. The molecule has 1 aromatic rings. The Balaban J connectivity index is 2.01. The number of para-hydroxylation sites is 1. The zero-order chi connectivity index (χ0) is 9.97. The number of methoxy groups -OCH3 is 1. The van der Waals surface area contributed by atoms with E-state index >= 15 is 0 Å². The quantitative estimate of drug-likeness (QED) is 0.690. The highest BCUT2D eigenvalue weighted by molar-refractivity contribution is 5.62. The van der Waals surface area contributed by atoms with Crippen LogP contribution in [-0.2, 0) is 15.9 Å². The van der Waals surface area contributed by atoms with Gasteiger partial charge >= 0.3 is 6.16 Å². The first kappa shape index (κ1) is 8.87. The fraction of sp³-hybridized carbons (Fsp3) is 0.300. The van der Waals surface area contributed by atoms with Crippen LogP contribution in [0.25, 0.3) is 0 Å². The van der Waals surface area contributed by atoms with E-state index in [9.17, 15) is 4.79 Å². The monoisotopic (exact) mass is 193 g/mol. The number of benzene rings is 1. The van der Waals surface area contributed by atoms with E-state index in [0.29, 0.717) is 6.42 Å². The fourth-order valence-electron chi connectivity index (χ4n) is 1.50. The number of carbonyl (C=O) groups excluding carboxylic acids is 1. The van der Waals surface area contributed by atoms with Crippen molar-refractivity contribution in [3.8, 4) is 0 Å². The lowest BCUT2D eigenvalue weighted by Crippen LogP contribution is -2.23. The van der Waals surface area contributed by atoms with Crippen LogP contribution in [0.3, 0.4) is 0 Å². The van der Waals surface area contributed by atoms with Gasteiger partial charge in [0.15, 0.2) is 6.23 Å². The topological polar surface area (TPSA) is 47.6 Å². The molecule has 1 heterocycles. The lowest BCUT2D eigenvalue weighted by atomic mass is 10.2. The molecule has 0 amide bonds. The Morgan fingerprint density at radius 3 is 3.00 bits per heavy atom. The van der Waals surface area contributed by atoms with E-state index in [-0.39, 0.29) is 6.23 Å². The SMILES string of the molecule is COC(=O)OC1Cc2ccccc2N1. The van der Waals surface area contributed by atoms with Crippen molar-refractivity contribution in [2.45, 2.75) is 12.6 Å². The molecule has 0 bridgehead atoms. The summed E-state index contributed by atoms with van der Waals surface area (Å²) >= 11 is 0. The minimum atomic E-state index is -0.657. The van der Waals surface area contributed by atoms with Crippen molar-refractivity contribution in [3.05, 3.63) is 29.8 Å². The highest BCUT2D eigenvalue weighted by Gasteiger charge is 2.23. The third-order valence-electron chi connectivity index (χ3n) is 2.14. The summed E-state index contributed by atoms with van der Waals surface area (Å²) in [5, 5.41) is 3.08.